The zero-order valence-electron chi connectivity index (χ0n) is 13.3. The van der Waals surface area contributed by atoms with Crippen molar-refractivity contribution >= 4 is 22.6 Å². The molecule has 0 bridgehead atoms. The van der Waals surface area contributed by atoms with E-state index in [4.69, 9.17) is 0 Å². The summed E-state index contributed by atoms with van der Waals surface area (Å²) in [4.78, 5) is 15.7. The van der Waals surface area contributed by atoms with E-state index in [0.29, 0.717) is 11.6 Å². The lowest BCUT2D eigenvalue weighted by atomic mass is 9.90. The Balaban J connectivity index is 2.98. The Kier molecular flexibility index (Phi) is 5.89. The maximum absolute atomic E-state index is 11.2. The number of aromatic nitrogens is 1. The molecule has 0 amide bonds. The highest BCUT2D eigenvalue weighted by molar-refractivity contribution is 7.84. The number of aromatic carboxylic acids is 1. The summed E-state index contributed by atoms with van der Waals surface area (Å²) in [5, 5.41) is 12.4. The Morgan fingerprint density at radius 2 is 2.05 bits per heavy atom. The highest BCUT2D eigenvalue weighted by atomic mass is 32.2. The van der Waals surface area contributed by atoms with Crippen molar-refractivity contribution < 1.29 is 14.1 Å². The summed E-state index contributed by atoms with van der Waals surface area (Å²) in [5.41, 5.74) is 0.732. The summed E-state index contributed by atoms with van der Waals surface area (Å²) in [7, 11) is -0.829. The summed E-state index contributed by atoms with van der Waals surface area (Å²) in [6, 6.07) is 3.23. The third kappa shape index (κ3) is 5.83. The minimum Gasteiger partial charge on any atom is -0.478 e. The van der Waals surface area contributed by atoms with Crippen molar-refractivity contribution in [2.45, 2.75) is 45.6 Å². The first-order chi connectivity index (χ1) is 9.59. The highest BCUT2D eigenvalue weighted by Crippen LogP contribution is 2.23. The number of rotatable bonds is 6. The van der Waals surface area contributed by atoms with Gasteiger partial charge in [0, 0.05) is 40.0 Å². The minimum atomic E-state index is -0.965. The van der Waals surface area contributed by atoms with Crippen molar-refractivity contribution in [2.75, 3.05) is 17.3 Å². The molecule has 0 saturated heterocycles. The maximum atomic E-state index is 11.2. The molecule has 21 heavy (non-hydrogen) atoms. The molecule has 0 aromatic carbocycles. The topological polar surface area (TPSA) is 79.3 Å². The summed E-state index contributed by atoms with van der Waals surface area (Å²) in [6.07, 6.45) is 2.42. The van der Waals surface area contributed by atoms with Gasteiger partial charge in [0.1, 0.15) is 5.82 Å². The molecule has 118 valence electrons. The van der Waals surface area contributed by atoms with Gasteiger partial charge in [0.05, 0.1) is 5.56 Å². The lowest BCUT2D eigenvalue weighted by Crippen LogP contribution is -2.21. The molecular formula is C15H24N2O3S. The highest BCUT2D eigenvalue weighted by Gasteiger charge is 2.19. The predicted octanol–water partition coefficient (Wildman–Crippen LogP) is 2.65. The van der Waals surface area contributed by atoms with Gasteiger partial charge in [-0.3, -0.25) is 4.21 Å². The minimum absolute atomic E-state index is 0.0817. The Morgan fingerprint density at radius 1 is 1.43 bits per heavy atom. The zero-order valence-corrected chi connectivity index (χ0v) is 14.1. The standard InChI is InChI=1S/C15H24N2O3S/c1-10(6-7-21(5)20)16-13-9-11(14(18)19)8-12(17-13)15(2,3)4/h8-10H,6-7H2,1-5H3,(H,16,17)(H,18,19). The van der Waals surface area contributed by atoms with Gasteiger partial charge >= 0.3 is 5.97 Å². The first-order valence-electron chi connectivity index (χ1n) is 6.92. The molecule has 0 fully saturated rings. The van der Waals surface area contributed by atoms with Crippen LogP contribution in [0.1, 0.15) is 50.2 Å². The number of carbonyl (C=O) groups is 1. The zero-order chi connectivity index (χ0) is 16.2. The SMILES string of the molecule is CC(CCS(C)=O)Nc1cc(C(=O)O)cc(C(C)(C)C)n1. The van der Waals surface area contributed by atoms with Crippen molar-refractivity contribution in [3.05, 3.63) is 23.4 Å². The molecule has 1 aromatic rings. The van der Waals surface area contributed by atoms with E-state index in [0.717, 1.165) is 12.1 Å². The molecule has 1 aromatic heterocycles. The lowest BCUT2D eigenvalue weighted by Gasteiger charge is -2.21. The summed E-state index contributed by atoms with van der Waals surface area (Å²) in [5.74, 6) is 0.196. The first kappa shape index (κ1) is 17.6. The number of nitrogens with one attached hydrogen (secondary N) is 1. The molecule has 0 aliphatic carbocycles. The fraction of sp³-hybridized carbons (Fsp3) is 0.600. The molecule has 0 aliphatic heterocycles. The molecule has 0 saturated carbocycles. The van der Waals surface area contributed by atoms with Crippen LogP contribution in [0.3, 0.4) is 0 Å². The van der Waals surface area contributed by atoms with Crippen molar-refractivity contribution in [3.8, 4) is 0 Å². The Morgan fingerprint density at radius 3 is 2.52 bits per heavy atom. The predicted molar refractivity (Wildman–Crippen MR) is 86.5 cm³/mol. The normalized spacial score (nSPS) is 14.5. The smallest absolute Gasteiger partial charge is 0.335 e. The van der Waals surface area contributed by atoms with E-state index in [2.05, 4.69) is 10.3 Å². The average molecular weight is 312 g/mol. The second-order valence-corrected chi connectivity index (χ2v) is 7.85. The van der Waals surface area contributed by atoms with Gasteiger partial charge in [-0.15, -0.1) is 0 Å². The van der Waals surface area contributed by atoms with E-state index in [-0.39, 0.29) is 17.0 Å². The average Bonchev–Trinajstić information content (AvgIpc) is 2.34. The fourth-order valence-corrected chi connectivity index (χ4v) is 2.47. The van der Waals surface area contributed by atoms with Gasteiger partial charge in [0.25, 0.3) is 0 Å². The van der Waals surface area contributed by atoms with Crippen LogP contribution in [0.5, 0.6) is 0 Å². The third-order valence-electron chi connectivity index (χ3n) is 3.07. The van der Waals surface area contributed by atoms with E-state index in [1.807, 2.05) is 27.7 Å². The third-order valence-corrected chi connectivity index (χ3v) is 3.88. The number of carboxylic acids is 1. The number of hydrogen-bond acceptors (Lipinski definition) is 4. The Hall–Kier alpha value is -1.43. The van der Waals surface area contributed by atoms with E-state index in [1.165, 1.54) is 6.07 Å². The Labute approximate surface area is 128 Å². The molecule has 0 radical (unpaired) electrons. The van der Waals surface area contributed by atoms with Crippen molar-refractivity contribution in [1.82, 2.24) is 4.98 Å². The van der Waals surface area contributed by atoms with E-state index < -0.39 is 16.8 Å². The van der Waals surface area contributed by atoms with Crippen LogP contribution in [0, 0.1) is 0 Å². The van der Waals surface area contributed by atoms with Crippen LogP contribution < -0.4 is 5.32 Å². The summed E-state index contributed by atoms with van der Waals surface area (Å²) >= 11 is 0. The summed E-state index contributed by atoms with van der Waals surface area (Å²) < 4.78 is 11.1. The van der Waals surface area contributed by atoms with Crippen molar-refractivity contribution in [3.63, 3.8) is 0 Å². The van der Waals surface area contributed by atoms with E-state index >= 15 is 0 Å². The number of hydrogen-bond donors (Lipinski definition) is 2. The van der Waals surface area contributed by atoms with Crippen molar-refractivity contribution in [2.24, 2.45) is 0 Å². The number of pyridine rings is 1. The number of carboxylic acid groups (broad SMARTS) is 1. The molecule has 0 aliphatic rings. The van der Waals surface area contributed by atoms with Gasteiger partial charge < -0.3 is 10.4 Å². The molecular weight excluding hydrogens is 288 g/mol. The van der Waals surface area contributed by atoms with Crippen LogP contribution in [0.25, 0.3) is 0 Å². The maximum Gasteiger partial charge on any atom is 0.335 e. The second-order valence-electron chi connectivity index (χ2n) is 6.29. The van der Waals surface area contributed by atoms with Crippen LogP contribution in [0.4, 0.5) is 5.82 Å². The van der Waals surface area contributed by atoms with Crippen LogP contribution in [-0.2, 0) is 16.2 Å². The van der Waals surface area contributed by atoms with Crippen LogP contribution in [0.15, 0.2) is 12.1 Å². The van der Waals surface area contributed by atoms with Gasteiger partial charge in [-0.05, 0) is 25.5 Å². The Bertz CT molecular complexity index is 538. The molecule has 1 rings (SSSR count). The van der Waals surface area contributed by atoms with Crippen molar-refractivity contribution in [1.29, 1.82) is 0 Å². The molecule has 1 heterocycles. The van der Waals surface area contributed by atoms with Crippen LogP contribution >= 0.6 is 0 Å². The van der Waals surface area contributed by atoms with Gasteiger partial charge in [-0.25, -0.2) is 9.78 Å². The van der Waals surface area contributed by atoms with E-state index in [1.54, 1.807) is 12.3 Å². The van der Waals surface area contributed by atoms with Gasteiger partial charge in [0.15, 0.2) is 0 Å². The van der Waals surface area contributed by atoms with Gasteiger partial charge in [0.2, 0.25) is 0 Å². The van der Waals surface area contributed by atoms with Crippen LogP contribution in [0.2, 0.25) is 0 Å². The van der Waals surface area contributed by atoms with E-state index in [9.17, 15) is 14.1 Å². The molecule has 6 heteroatoms. The first-order valence-corrected chi connectivity index (χ1v) is 8.64. The quantitative estimate of drug-likeness (QED) is 0.844. The molecule has 0 spiro atoms. The van der Waals surface area contributed by atoms with Crippen LogP contribution in [-0.4, -0.2) is 38.3 Å². The molecule has 2 N–H and O–H groups in total. The number of nitrogens with zero attached hydrogens (tertiary/aromatic N) is 1. The number of anilines is 1. The molecule has 2 unspecified atom stereocenters. The second kappa shape index (κ2) is 7.02. The monoisotopic (exact) mass is 312 g/mol. The molecule has 5 nitrogen and oxygen atoms in total. The largest absolute Gasteiger partial charge is 0.478 e. The van der Waals surface area contributed by atoms with Gasteiger partial charge in [-0.1, -0.05) is 20.8 Å². The van der Waals surface area contributed by atoms with Gasteiger partial charge in [-0.2, -0.15) is 0 Å². The fourth-order valence-electron chi connectivity index (χ4n) is 1.78. The molecule has 2 atom stereocenters. The lowest BCUT2D eigenvalue weighted by molar-refractivity contribution is 0.0696. The summed E-state index contributed by atoms with van der Waals surface area (Å²) in [6.45, 7) is 7.95.